The predicted molar refractivity (Wildman–Crippen MR) is 127 cm³/mol. The molecule has 0 saturated carbocycles. The smallest absolute Gasteiger partial charge is 0.241 e. The molecule has 184 valence electrons. The van der Waals surface area contributed by atoms with Crippen LogP contribution in [-0.4, -0.2) is 66.7 Å². The molecule has 3 rings (SSSR count). The van der Waals surface area contributed by atoms with Crippen LogP contribution in [0.2, 0.25) is 0 Å². The molecule has 0 amide bonds. The van der Waals surface area contributed by atoms with Gasteiger partial charge < -0.3 is 21.9 Å². The van der Waals surface area contributed by atoms with Crippen molar-refractivity contribution in [2.45, 2.75) is 15.9 Å². The average Bonchev–Trinajstić information content (AvgIpc) is 3.34. The van der Waals surface area contributed by atoms with Gasteiger partial charge in [0.15, 0.2) is 12.5 Å². The summed E-state index contributed by atoms with van der Waals surface area (Å²) in [5.41, 5.74) is 12.2. The topological polar surface area (TPSA) is 228 Å². The maximum Gasteiger partial charge on any atom is 0.241 e. The lowest BCUT2D eigenvalue weighted by atomic mass is 9.98. The summed E-state index contributed by atoms with van der Waals surface area (Å²) in [5.74, 6) is -0.0631. The highest BCUT2D eigenvalue weighted by atomic mass is 32.2. The number of nitrogens with two attached hydrogens (primary N) is 3. The van der Waals surface area contributed by atoms with Crippen molar-refractivity contribution in [1.29, 1.82) is 0 Å². The minimum Gasteiger partial charge on any atom is -0.390 e. The number of amidine groups is 1. The van der Waals surface area contributed by atoms with Gasteiger partial charge in [-0.3, -0.25) is 0 Å². The zero-order chi connectivity index (χ0) is 24.9. The normalized spacial score (nSPS) is 14.8. The lowest BCUT2D eigenvalue weighted by Crippen LogP contribution is -2.31. The Morgan fingerprint density at radius 1 is 1.12 bits per heavy atom. The van der Waals surface area contributed by atoms with Crippen molar-refractivity contribution < 1.29 is 21.9 Å². The van der Waals surface area contributed by atoms with Crippen molar-refractivity contribution in [2.75, 3.05) is 38.2 Å². The Balaban J connectivity index is 2.25. The third kappa shape index (κ3) is 5.82. The Labute approximate surface area is 197 Å². The number of nitrogens with one attached hydrogen (secondary N) is 2. The zero-order valence-corrected chi connectivity index (χ0v) is 19.7. The Kier molecular flexibility index (Phi) is 8.09. The second kappa shape index (κ2) is 10.6. The second-order valence-electron chi connectivity index (χ2n) is 7.26. The van der Waals surface area contributed by atoms with Gasteiger partial charge in [0.1, 0.15) is 9.79 Å². The largest absolute Gasteiger partial charge is 0.390 e. The van der Waals surface area contributed by atoms with Crippen LogP contribution in [-0.2, 0) is 20.0 Å². The molecule has 0 spiro atoms. The van der Waals surface area contributed by atoms with Crippen molar-refractivity contribution in [3.05, 3.63) is 42.0 Å². The first kappa shape index (κ1) is 25.8. The second-order valence-corrected chi connectivity index (χ2v) is 10.5. The van der Waals surface area contributed by atoms with Crippen LogP contribution in [0.15, 0.2) is 61.4 Å². The Morgan fingerprint density at radius 3 is 2.50 bits per heavy atom. The zero-order valence-electron chi connectivity index (χ0n) is 18.0. The van der Waals surface area contributed by atoms with E-state index in [4.69, 9.17) is 16.6 Å². The maximum absolute atomic E-state index is 12.9. The van der Waals surface area contributed by atoms with E-state index in [0.29, 0.717) is 16.8 Å². The van der Waals surface area contributed by atoms with Gasteiger partial charge in [0.05, 0.1) is 11.7 Å². The van der Waals surface area contributed by atoms with Gasteiger partial charge in [0.25, 0.3) is 0 Å². The van der Waals surface area contributed by atoms with E-state index in [-0.39, 0.29) is 44.2 Å². The number of aliphatic imine (C=N–C) groups is 1. The van der Waals surface area contributed by atoms with Gasteiger partial charge in [-0.25, -0.2) is 31.7 Å². The number of hydrogen-bond donors (Lipinski definition) is 6. The molecular weight excluding hydrogens is 484 g/mol. The van der Waals surface area contributed by atoms with Gasteiger partial charge in [-0.2, -0.15) is 5.11 Å². The molecule has 34 heavy (non-hydrogen) atoms. The van der Waals surface area contributed by atoms with E-state index in [1.807, 2.05) is 0 Å². The molecule has 0 fully saturated rings. The highest BCUT2D eigenvalue weighted by Gasteiger charge is 2.32. The van der Waals surface area contributed by atoms with E-state index in [2.05, 4.69) is 25.3 Å². The Hall–Kier alpha value is -2.79. The molecule has 1 heterocycles. The van der Waals surface area contributed by atoms with Crippen LogP contribution < -0.4 is 26.6 Å². The standard InChI is InChI=1S/C19H26N8O5S2/c20-6-7-26-34(31,32)16-5-4-15(12-2-1-3-13(8-12)23-10-14(28)9-21)17(18(16)33(22,29)30)19-24-11-25-27-19/h1-5,8,14,23,26,28H,6-7,9-11,20-21H2,(H2,22,29,30)/t14-/m0/s1. The molecule has 0 bridgehead atoms. The van der Waals surface area contributed by atoms with Crippen molar-refractivity contribution in [1.82, 2.24) is 4.72 Å². The van der Waals surface area contributed by atoms with Gasteiger partial charge in [-0.1, -0.05) is 18.2 Å². The third-order valence-corrected chi connectivity index (χ3v) is 7.42. The van der Waals surface area contributed by atoms with Crippen LogP contribution in [0.1, 0.15) is 5.56 Å². The number of azo groups is 1. The fourth-order valence-corrected chi connectivity index (χ4v) is 5.91. The molecule has 13 nitrogen and oxygen atoms in total. The fraction of sp³-hybridized carbons (Fsp3) is 0.316. The highest BCUT2D eigenvalue weighted by Crippen LogP contribution is 2.35. The summed E-state index contributed by atoms with van der Waals surface area (Å²) in [6.07, 6.45) is -0.757. The summed E-state index contributed by atoms with van der Waals surface area (Å²) in [4.78, 5) is 2.91. The third-order valence-electron chi connectivity index (χ3n) is 4.79. The molecule has 0 saturated heterocycles. The number of nitrogens with zero attached hydrogens (tertiary/aromatic N) is 3. The quantitative estimate of drug-likeness (QED) is 0.222. The molecule has 15 heteroatoms. The minimum atomic E-state index is -4.57. The van der Waals surface area contributed by atoms with Crippen molar-refractivity contribution in [3.63, 3.8) is 0 Å². The Bertz CT molecular complexity index is 1330. The molecule has 0 aliphatic carbocycles. The van der Waals surface area contributed by atoms with Crippen molar-refractivity contribution >= 4 is 31.6 Å². The van der Waals surface area contributed by atoms with Crippen LogP contribution in [0, 0.1) is 0 Å². The van der Waals surface area contributed by atoms with Gasteiger partial charge in [-0.05, 0) is 29.3 Å². The van der Waals surface area contributed by atoms with E-state index in [1.165, 1.54) is 6.07 Å². The van der Waals surface area contributed by atoms with Crippen molar-refractivity contribution in [3.8, 4) is 11.1 Å². The molecule has 2 aromatic rings. The summed E-state index contributed by atoms with van der Waals surface area (Å²) in [6, 6.07) is 9.45. The molecule has 1 atom stereocenters. The summed E-state index contributed by atoms with van der Waals surface area (Å²) in [6.45, 7) is 0.133. The lowest BCUT2D eigenvalue weighted by molar-refractivity contribution is 0.196. The van der Waals surface area contributed by atoms with Crippen LogP contribution >= 0.6 is 0 Å². The SMILES string of the molecule is NCCNS(=O)(=O)c1ccc(-c2cccc(NC[C@@H](O)CN)c2)c(C2=NCN=N2)c1S(N)(=O)=O. The molecule has 0 unspecified atom stereocenters. The molecule has 1 aliphatic rings. The first-order valence-corrected chi connectivity index (χ1v) is 13.2. The molecule has 2 aromatic carbocycles. The fourth-order valence-electron chi connectivity index (χ4n) is 3.26. The average molecular weight is 511 g/mol. The first-order valence-electron chi connectivity index (χ1n) is 10.1. The molecule has 0 aromatic heterocycles. The van der Waals surface area contributed by atoms with Crippen LogP contribution in [0.4, 0.5) is 5.69 Å². The summed E-state index contributed by atoms with van der Waals surface area (Å²) in [5, 5.41) is 25.9. The van der Waals surface area contributed by atoms with Crippen LogP contribution in [0.3, 0.4) is 0 Å². The minimum absolute atomic E-state index is 0.00838. The number of aliphatic hydroxyl groups is 1. The van der Waals surface area contributed by atoms with Crippen LogP contribution in [0.5, 0.6) is 0 Å². The monoisotopic (exact) mass is 510 g/mol. The molecule has 0 radical (unpaired) electrons. The van der Waals surface area contributed by atoms with E-state index in [0.717, 1.165) is 6.07 Å². The first-order chi connectivity index (χ1) is 16.1. The van der Waals surface area contributed by atoms with E-state index in [9.17, 15) is 21.9 Å². The van der Waals surface area contributed by atoms with Gasteiger partial charge in [-0.15, -0.1) is 5.11 Å². The molecule has 9 N–H and O–H groups in total. The van der Waals surface area contributed by atoms with Crippen LogP contribution in [0.25, 0.3) is 11.1 Å². The summed E-state index contributed by atoms with van der Waals surface area (Å²) in [7, 11) is -8.86. The van der Waals surface area contributed by atoms with Gasteiger partial charge in [0.2, 0.25) is 20.0 Å². The maximum atomic E-state index is 12.9. The number of rotatable bonds is 11. The van der Waals surface area contributed by atoms with Crippen molar-refractivity contribution in [2.24, 2.45) is 31.8 Å². The summed E-state index contributed by atoms with van der Waals surface area (Å²) >= 11 is 0. The number of sulfonamides is 2. The highest BCUT2D eigenvalue weighted by molar-refractivity contribution is 7.92. The van der Waals surface area contributed by atoms with Gasteiger partial charge in [0, 0.05) is 31.9 Å². The summed E-state index contributed by atoms with van der Waals surface area (Å²) < 4.78 is 53.4. The number of anilines is 1. The Morgan fingerprint density at radius 2 is 1.88 bits per heavy atom. The predicted octanol–water partition coefficient (Wildman–Crippen LogP) is -0.861. The molecular formula is C19H26N8O5S2. The number of primary sulfonamides is 1. The number of aliphatic hydroxyl groups excluding tert-OH is 1. The molecule has 1 aliphatic heterocycles. The van der Waals surface area contributed by atoms with Gasteiger partial charge >= 0.3 is 0 Å². The van der Waals surface area contributed by atoms with E-state index in [1.54, 1.807) is 24.3 Å². The lowest BCUT2D eigenvalue weighted by Gasteiger charge is -2.18. The number of benzene rings is 2. The van der Waals surface area contributed by atoms with E-state index >= 15 is 0 Å². The number of hydrogen-bond acceptors (Lipinski definition) is 11. The van der Waals surface area contributed by atoms with E-state index < -0.39 is 35.9 Å².